The van der Waals surface area contributed by atoms with Crippen molar-refractivity contribution in [3.63, 3.8) is 0 Å². The predicted molar refractivity (Wildman–Crippen MR) is 145 cm³/mol. The van der Waals surface area contributed by atoms with Crippen molar-refractivity contribution in [1.29, 1.82) is 0 Å². The van der Waals surface area contributed by atoms with Crippen molar-refractivity contribution in [3.8, 4) is 5.75 Å². The number of ketones is 1. The third-order valence-electron chi connectivity index (χ3n) is 7.20. The summed E-state index contributed by atoms with van der Waals surface area (Å²) in [5.74, 6) is 0.448. The first-order valence-corrected chi connectivity index (χ1v) is 14.5. The minimum Gasteiger partial charge on any atom is -0.489 e. The molecule has 8 heteroatoms. The fraction of sp³-hybridized carbons (Fsp3) is 0.333. The monoisotopic (exact) mass is 534 g/mol. The zero-order chi connectivity index (χ0) is 26.7. The molecule has 0 saturated carbocycles. The number of fused-ring (bicyclic) bond motifs is 2. The Kier molecular flexibility index (Phi) is 7.63. The van der Waals surface area contributed by atoms with E-state index < -0.39 is 15.9 Å². The Morgan fingerprint density at radius 3 is 2.58 bits per heavy atom. The Labute approximate surface area is 224 Å². The lowest BCUT2D eigenvalue weighted by molar-refractivity contribution is 0.0866. The van der Waals surface area contributed by atoms with Crippen molar-refractivity contribution in [1.82, 2.24) is 9.21 Å². The van der Waals surface area contributed by atoms with Gasteiger partial charge in [-0.1, -0.05) is 42.5 Å². The third-order valence-corrected chi connectivity index (χ3v) is 9.05. The molecule has 0 spiro atoms. The van der Waals surface area contributed by atoms with Gasteiger partial charge in [-0.2, -0.15) is 0 Å². The molecule has 0 unspecified atom stereocenters. The molecule has 5 rings (SSSR count). The molecule has 0 bridgehead atoms. The van der Waals surface area contributed by atoms with Crippen LogP contribution in [0.1, 0.15) is 58.0 Å². The van der Waals surface area contributed by atoms with E-state index in [0.29, 0.717) is 12.0 Å². The molecule has 2 aliphatic rings. The average Bonchev–Trinajstić information content (AvgIpc) is 3.11. The van der Waals surface area contributed by atoms with Gasteiger partial charge >= 0.3 is 0 Å². The lowest BCUT2D eigenvalue weighted by atomic mass is 10.1. The van der Waals surface area contributed by atoms with E-state index in [1.807, 2.05) is 36.4 Å². The highest BCUT2D eigenvalue weighted by molar-refractivity contribution is 7.90. The van der Waals surface area contributed by atoms with Crippen LogP contribution in [-0.4, -0.2) is 55.1 Å². The number of aryl methyl sites for hydroxylation is 1. The highest BCUT2D eigenvalue weighted by Gasteiger charge is 2.40. The molecule has 3 aromatic carbocycles. The first-order chi connectivity index (χ1) is 18.3. The van der Waals surface area contributed by atoms with Crippen LogP contribution in [0.2, 0.25) is 0 Å². The Bertz CT molecular complexity index is 1440. The summed E-state index contributed by atoms with van der Waals surface area (Å²) in [6.45, 7) is 3.97. The number of carbonyl (C=O) groups excluding carboxylic acids is 2. The van der Waals surface area contributed by atoms with Gasteiger partial charge in [0.25, 0.3) is 15.9 Å². The fourth-order valence-corrected chi connectivity index (χ4v) is 6.81. The zero-order valence-corrected chi connectivity index (χ0v) is 22.3. The molecule has 1 amide bonds. The summed E-state index contributed by atoms with van der Waals surface area (Å²) >= 11 is 0. The summed E-state index contributed by atoms with van der Waals surface area (Å²) in [7, 11) is -3.78. The molecule has 2 heterocycles. The van der Waals surface area contributed by atoms with Gasteiger partial charge in [0, 0.05) is 25.2 Å². The Balaban J connectivity index is 1.21. The number of carbonyl (C=O) groups is 2. The molecule has 0 radical (unpaired) electrons. The summed E-state index contributed by atoms with van der Waals surface area (Å²) in [6, 6.07) is 22.3. The van der Waals surface area contributed by atoms with Gasteiger partial charge < -0.3 is 4.74 Å². The van der Waals surface area contributed by atoms with Gasteiger partial charge in [0.15, 0.2) is 5.78 Å². The number of unbranched alkanes of at least 4 members (excludes halogenated alkanes) is 1. The molecular weight excluding hydrogens is 502 g/mol. The molecule has 2 aliphatic heterocycles. The predicted octanol–water partition coefficient (Wildman–Crippen LogP) is 4.71. The molecule has 0 saturated heterocycles. The number of amides is 1. The fourth-order valence-electron chi connectivity index (χ4n) is 5.20. The summed E-state index contributed by atoms with van der Waals surface area (Å²) in [5, 5.41) is 0. The topological polar surface area (TPSA) is 84.0 Å². The molecule has 1 atom stereocenters. The third kappa shape index (κ3) is 5.51. The molecule has 3 aromatic rings. The van der Waals surface area contributed by atoms with Gasteiger partial charge in [-0.25, -0.2) is 12.7 Å². The van der Waals surface area contributed by atoms with Gasteiger partial charge in [0.2, 0.25) is 0 Å². The number of hydrogen-bond acceptors (Lipinski definition) is 6. The molecule has 0 aliphatic carbocycles. The van der Waals surface area contributed by atoms with Crippen LogP contribution in [0.3, 0.4) is 0 Å². The second kappa shape index (κ2) is 11.1. The summed E-state index contributed by atoms with van der Waals surface area (Å²) in [5.41, 5.74) is 3.23. The van der Waals surface area contributed by atoms with E-state index in [1.54, 1.807) is 25.1 Å². The quantitative estimate of drug-likeness (QED) is 0.277. The van der Waals surface area contributed by atoms with Gasteiger partial charge in [-0.3, -0.25) is 14.5 Å². The molecule has 38 heavy (non-hydrogen) atoms. The average molecular weight is 535 g/mol. The number of Topliss-reactive ketones (excluding diaryl/α,β-unsaturated/α-hetero) is 1. The van der Waals surface area contributed by atoms with E-state index in [0.717, 1.165) is 54.5 Å². The Morgan fingerprint density at radius 2 is 1.82 bits per heavy atom. The van der Waals surface area contributed by atoms with Gasteiger partial charge in [0.1, 0.15) is 16.7 Å². The molecule has 0 N–H and O–H groups in total. The van der Waals surface area contributed by atoms with Crippen molar-refractivity contribution in [2.75, 3.05) is 19.6 Å². The highest BCUT2D eigenvalue weighted by Crippen LogP contribution is 2.31. The maximum atomic E-state index is 12.8. The smallest absolute Gasteiger partial charge is 0.269 e. The number of nitrogens with zero attached hydrogens (tertiary/aromatic N) is 2. The van der Waals surface area contributed by atoms with Crippen LogP contribution in [-0.2, 0) is 23.0 Å². The lowest BCUT2D eigenvalue weighted by Gasteiger charge is -2.32. The minimum atomic E-state index is -3.78. The van der Waals surface area contributed by atoms with Crippen molar-refractivity contribution >= 4 is 21.7 Å². The molecule has 0 fully saturated rings. The SMILES string of the molecule is CC(=O)c1ccc2c(c1)[14CH2]C[C@H](CN(CCCCN1C(=O)c3ccccc3S1(=O)=O)Cc1ccccc1)O2. The van der Waals surface area contributed by atoms with E-state index in [9.17, 15) is 18.0 Å². The summed E-state index contributed by atoms with van der Waals surface area (Å²) in [6.07, 6.45) is 3.05. The molecule has 7 nitrogen and oxygen atoms in total. The van der Waals surface area contributed by atoms with Crippen molar-refractivity contribution in [2.45, 2.75) is 50.2 Å². The van der Waals surface area contributed by atoms with E-state index in [-0.39, 0.29) is 28.9 Å². The molecular formula is C30H32N2O5S. The van der Waals surface area contributed by atoms with Crippen LogP contribution in [0, 0.1) is 0 Å². The molecule has 0 aromatic heterocycles. The van der Waals surface area contributed by atoms with Crippen molar-refractivity contribution < 1.29 is 22.7 Å². The maximum absolute atomic E-state index is 12.8. The van der Waals surface area contributed by atoms with Gasteiger partial charge in [-0.05, 0) is 80.6 Å². The lowest BCUT2D eigenvalue weighted by Crippen LogP contribution is -2.38. The minimum absolute atomic E-state index is 0.0180. The van der Waals surface area contributed by atoms with Gasteiger partial charge in [0.05, 0.1) is 5.56 Å². The molecule has 198 valence electrons. The van der Waals surface area contributed by atoms with Crippen LogP contribution in [0.4, 0.5) is 0 Å². The van der Waals surface area contributed by atoms with E-state index in [2.05, 4.69) is 17.0 Å². The van der Waals surface area contributed by atoms with Gasteiger partial charge in [-0.15, -0.1) is 0 Å². The number of hydrogen-bond donors (Lipinski definition) is 0. The summed E-state index contributed by atoms with van der Waals surface area (Å²) in [4.78, 5) is 26.9. The standard InChI is InChI=1S/C30H32N2O5S/c1-22(33)24-14-16-28-25(19-24)13-15-26(37-28)21-31(20-23-9-3-2-4-10-23)17-7-8-18-32-30(34)27-11-5-6-12-29(27)38(32,35)36/h2-6,9-12,14,16,19,26H,7-8,13,15,17-18,20-21H2,1H3/t26-/m1/s1/i13+2. The highest BCUT2D eigenvalue weighted by atomic mass is 32.2. The number of rotatable bonds is 10. The van der Waals surface area contributed by atoms with Crippen LogP contribution in [0.15, 0.2) is 77.7 Å². The van der Waals surface area contributed by atoms with Crippen LogP contribution in [0.25, 0.3) is 0 Å². The van der Waals surface area contributed by atoms with Crippen molar-refractivity contribution in [2.24, 2.45) is 0 Å². The first-order valence-electron chi connectivity index (χ1n) is 13.1. The van der Waals surface area contributed by atoms with Crippen LogP contribution >= 0.6 is 0 Å². The number of sulfonamides is 1. The van der Waals surface area contributed by atoms with Crippen molar-refractivity contribution in [3.05, 3.63) is 95.1 Å². The Hall–Kier alpha value is -3.49. The number of ether oxygens (including phenoxy) is 1. The maximum Gasteiger partial charge on any atom is 0.269 e. The second-order valence-electron chi connectivity index (χ2n) is 9.96. The first kappa shape index (κ1) is 26.1. The number of benzene rings is 3. The van der Waals surface area contributed by atoms with Crippen LogP contribution < -0.4 is 4.74 Å². The largest absolute Gasteiger partial charge is 0.489 e. The Morgan fingerprint density at radius 1 is 1.05 bits per heavy atom. The van der Waals surface area contributed by atoms with E-state index in [4.69, 9.17) is 4.74 Å². The zero-order valence-electron chi connectivity index (χ0n) is 21.5. The van der Waals surface area contributed by atoms with Crippen LogP contribution in [0.5, 0.6) is 5.75 Å². The normalized spacial score (nSPS) is 17.7. The summed E-state index contributed by atoms with van der Waals surface area (Å²) < 4.78 is 33.0. The second-order valence-corrected chi connectivity index (χ2v) is 11.8. The van der Waals surface area contributed by atoms with E-state index in [1.165, 1.54) is 11.6 Å². The van der Waals surface area contributed by atoms with E-state index >= 15 is 0 Å².